The maximum atomic E-state index is 12.8. The lowest BCUT2D eigenvalue weighted by Crippen LogP contribution is -2.50. The second-order valence-electron chi connectivity index (χ2n) is 8.84. The van der Waals surface area contributed by atoms with Gasteiger partial charge in [-0.25, -0.2) is 4.98 Å². The lowest BCUT2D eigenvalue weighted by Gasteiger charge is -2.34. The molecule has 2 heterocycles. The molecule has 4 rings (SSSR count). The Morgan fingerprint density at radius 2 is 1.71 bits per heavy atom. The monoisotopic (exact) mass is 461 g/mol. The lowest BCUT2D eigenvalue weighted by atomic mass is 10.1. The van der Waals surface area contributed by atoms with Crippen LogP contribution in [0.3, 0.4) is 0 Å². The van der Waals surface area contributed by atoms with Crippen molar-refractivity contribution in [1.82, 2.24) is 19.4 Å². The van der Waals surface area contributed by atoms with Crippen molar-refractivity contribution in [3.63, 3.8) is 0 Å². The zero-order valence-corrected chi connectivity index (χ0v) is 20.0. The Hall–Kier alpha value is -3.52. The predicted molar refractivity (Wildman–Crippen MR) is 133 cm³/mol. The maximum absolute atomic E-state index is 12.8. The summed E-state index contributed by atoms with van der Waals surface area (Å²) in [6.45, 7) is 8.84. The summed E-state index contributed by atoms with van der Waals surface area (Å²) < 4.78 is 1.58. The molecule has 8 nitrogen and oxygen atoms in total. The smallest absolute Gasteiger partial charge is 0.261 e. The third kappa shape index (κ3) is 5.17. The van der Waals surface area contributed by atoms with Crippen molar-refractivity contribution < 1.29 is 9.59 Å². The number of anilines is 1. The average Bonchev–Trinajstić information content (AvgIpc) is 2.82. The zero-order chi connectivity index (χ0) is 24.2. The van der Waals surface area contributed by atoms with Gasteiger partial charge in [0.05, 0.1) is 17.4 Å². The Labute approximate surface area is 199 Å². The minimum absolute atomic E-state index is 0.0129. The van der Waals surface area contributed by atoms with Crippen LogP contribution in [0.4, 0.5) is 5.69 Å². The van der Waals surface area contributed by atoms with E-state index in [-0.39, 0.29) is 23.8 Å². The fourth-order valence-corrected chi connectivity index (χ4v) is 4.34. The number of amides is 2. The van der Waals surface area contributed by atoms with Gasteiger partial charge in [-0.05, 0) is 50.1 Å². The standard InChI is InChI=1S/C26H31N5O3/c1-18-7-6-10-22(19(18)2)28-24(32)17-29-13-15-30(16-14-29)25(33)11-12-31-20(3)27-23-9-5-4-8-21(23)26(31)34/h4-10H,11-17H2,1-3H3,(H,28,32). The van der Waals surface area contributed by atoms with Crippen LogP contribution in [0.5, 0.6) is 0 Å². The SMILES string of the molecule is Cc1cccc(NC(=O)CN2CCN(C(=O)CCn3c(C)nc4ccccc4c3=O)CC2)c1C. The number of piperazine rings is 1. The Balaban J connectivity index is 1.28. The number of carbonyl (C=O) groups excluding carboxylic acids is 2. The predicted octanol–water partition coefficient (Wildman–Crippen LogP) is 2.49. The molecular weight excluding hydrogens is 430 g/mol. The van der Waals surface area contributed by atoms with E-state index < -0.39 is 0 Å². The average molecular weight is 462 g/mol. The lowest BCUT2D eigenvalue weighted by molar-refractivity contribution is -0.133. The number of aryl methyl sites for hydroxylation is 2. The van der Waals surface area contributed by atoms with Gasteiger partial charge in [-0.2, -0.15) is 0 Å². The van der Waals surface area contributed by atoms with Crippen molar-refractivity contribution in [3.8, 4) is 0 Å². The van der Waals surface area contributed by atoms with Gasteiger partial charge in [-0.1, -0.05) is 24.3 Å². The molecule has 0 spiro atoms. The van der Waals surface area contributed by atoms with E-state index in [0.29, 0.717) is 56.0 Å². The van der Waals surface area contributed by atoms with Crippen LogP contribution in [0.2, 0.25) is 0 Å². The van der Waals surface area contributed by atoms with E-state index in [0.717, 1.165) is 16.8 Å². The molecule has 0 unspecified atom stereocenters. The number of hydrogen-bond donors (Lipinski definition) is 1. The molecule has 0 aliphatic carbocycles. The number of aromatic nitrogens is 2. The van der Waals surface area contributed by atoms with Crippen LogP contribution >= 0.6 is 0 Å². The first-order valence-corrected chi connectivity index (χ1v) is 11.7. The van der Waals surface area contributed by atoms with Gasteiger partial charge in [0, 0.05) is 44.8 Å². The topological polar surface area (TPSA) is 87.5 Å². The number of nitrogens with zero attached hydrogens (tertiary/aromatic N) is 4. The number of fused-ring (bicyclic) bond motifs is 1. The van der Waals surface area contributed by atoms with Crippen LogP contribution in [0, 0.1) is 20.8 Å². The van der Waals surface area contributed by atoms with Gasteiger partial charge in [0.25, 0.3) is 5.56 Å². The summed E-state index contributed by atoms with van der Waals surface area (Å²) in [6.07, 6.45) is 0.244. The molecule has 34 heavy (non-hydrogen) atoms. The van der Waals surface area contributed by atoms with Gasteiger partial charge >= 0.3 is 0 Å². The third-order valence-corrected chi connectivity index (χ3v) is 6.57. The van der Waals surface area contributed by atoms with E-state index >= 15 is 0 Å². The van der Waals surface area contributed by atoms with Gasteiger partial charge in [0.2, 0.25) is 11.8 Å². The van der Waals surface area contributed by atoms with Crippen LogP contribution in [0.25, 0.3) is 10.9 Å². The molecule has 1 saturated heterocycles. The van der Waals surface area contributed by atoms with Crippen molar-refractivity contribution in [2.75, 3.05) is 38.0 Å². The molecule has 1 N–H and O–H groups in total. The van der Waals surface area contributed by atoms with E-state index in [2.05, 4.69) is 15.2 Å². The summed E-state index contributed by atoms with van der Waals surface area (Å²) in [5, 5.41) is 3.56. The molecule has 0 radical (unpaired) electrons. The normalized spacial score (nSPS) is 14.4. The number of hydrogen-bond acceptors (Lipinski definition) is 5. The zero-order valence-electron chi connectivity index (χ0n) is 20.0. The molecule has 8 heteroatoms. The summed E-state index contributed by atoms with van der Waals surface area (Å²) in [4.78, 5) is 46.5. The van der Waals surface area contributed by atoms with Crippen molar-refractivity contribution in [2.24, 2.45) is 0 Å². The minimum atomic E-state index is -0.115. The maximum Gasteiger partial charge on any atom is 0.261 e. The molecule has 0 atom stereocenters. The second kappa shape index (κ2) is 10.2. The molecule has 2 amide bonds. The van der Waals surface area contributed by atoms with Crippen LogP contribution in [-0.4, -0.2) is 63.9 Å². The van der Waals surface area contributed by atoms with Gasteiger partial charge in [0.15, 0.2) is 0 Å². The quantitative estimate of drug-likeness (QED) is 0.610. The summed E-state index contributed by atoms with van der Waals surface area (Å²) in [6, 6.07) is 13.1. The molecule has 1 aromatic heterocycles. The molecule has 0 bridgehead atoms. The van der Waals surface area contributed by atoms with Gasteiger partial charge < -0.3 is 10.2 Å². The molecule has 2 aromatic carbocycles. The number of para-hydroxylation sites is 1. The van der Waals surface area contributed by atoms with E-state index in [1.165, 1.54) is 0 Å². The first-order valence-electron chi connectivity index (χ1n) is 11.7. The van der Waals surface area contributed by atoms with Crippen LogP contribution < -0.4 is 10.9 Å². The Morgan fingerprint density at radius 3 is 2.47 bits per heavy atom. The second-order valence-corrected chi connectivity index (χ2v) is 8.84. The number of benzene rings is 2. The van der Waals surface area contributed by atoms with Gasteiger partial charge in [-0.15, -0.1) is 0 Å². The summed E-state index contributed by atoms with van der Waals surface area (Å²) in [7, 11) is 0. The first-order chi connectivity index (χ1) is 16.3. The number of rotatable bonds is 6. The summed E-state index contributed by atoms with van der Waals surface area (Å²) >= 11 is 0. The van der Waals surface area contributed by atoms with Crippen molar-refractivity contribution in [2.45, 2.75) is 33.7 Å². The molecular formula is C26H31N5O3. The third-order valence-electron chi connectivity index (χ3n) is 6.57. The van der Waals surface area contributed by atoms with Crippen molar-refractivity contribution in [3.05, 3.63) is 69.8 Å². The van der Waals surface area contributed by atoms with E-state index in [9.17, 15) is 14.4 Å². The van der Waals surface area contributed by atoms with Crippen molar-refractivity contribution in [1.29, 1.82) is 0 Å². The number of carbonyl (C=O) groups is 2. The summed E-state index contributed by atoms with van der Waals surface area (Å²) in [5.74, 6) is 0.572. The molecule has 1 fully saturated rings. The largest absolute Gasteiger partial charge is 0.340 e. The highest BCUT2D eigenvalue weighted by Crippen LogP contribution is 2.18. The highest BCUT2D eigenvalue weighted by atomic mass is 16.2. The van der Waals surface area contributed by atoms with E-state index in [1.807, 2.05) is 55.1 Å². The Morgan fingerprint density at radius 1 is 0.971 bits per heavy atom. The van der Waals surface area contributed by atoms with Gasteiger partial charge in [0.1, 0.15) is 5.82 Å². The molecule has 1 aliphatic heterocycles. The molecule has 0 saturated carbocycles. The highest BCUT2D eigenvalue weighted by molar-refractivity contribution is 5.93. The fraction of sp³-hybridized carbons (Fsp3) is 0.385. The van der Waals surface area contributed by atoms with Crippen LogP contribution in [0.15, 0.2) is 47.3 Å². The first kappa shape index (κ1) is 23.6. The highest BCUT2D eigenvalue weighted by Gasteiger charge is 2.23. The van der Waals surface area contributed by atoms with E-state index in [1.54, 1.807) is 17.6 Å². The van der Waals surface area contributed by atoms with E-state index in [4.69, 9.17) is 0 Å². The Bertz CT molecular complexity index is 1280. The molecule has 178 valence electrons. The minimum Gasteiger partial charge on any atom is -0.340 e. The van der Waals surface area contributed by atoms with Crippen LogP contribution in [-0.2, 0) is 16.1 Å². The summed E-state index contributed by atoms with van der Waals surface area (Å²) in [5.41, 5.74) is 3.61. The van der Waals surface area contributed by atoms with Crippen molar-refractivity contribution >= 4 is 28.4 Å². The molecule has 1 aliphatic rings. The van der Waals surface area contributed by atoms with Crippen LogP contribution in [0.1, 0.15) is 23.4 Å². The molecule has 3 aromatic rings. The Kier molecular flexibility index (Phi) is 7.07. The number of nitrogens with one attached hydrogen (secondary N) is 1. The fourth-order valence-electron chi connectivity index (χ4n) is 4.34. The van der Waals surface area contributed by atoms with Gasteiger partial charge in [-0.3, -0.25) is 23.9 Å².